The Bertz CT molecular complexity index is 910. The Morgan fingerprint density at radius 2 is 1.55 bits per heavy atom. The SMILES string of the molecule is O=c1oc2ccc(F)cc2c(=O)n1-c1ccc(F)cc1. The molecule has 6 heteroatoms. The van der Waals surface area contributed by atoms with E-state index in [9.17, 15) is 18.4 Å². The lowest BCUT2D eigenvalue weighted by Crippen LogP contribution is -2.30. The molecule has 0 fully saturated rings. The minimum atomic E-state index is -0.916. The molecule has 3 aromatic rings. The van der Waals surface area contributed by atoms with Gasteiger partial charge in [-0.05, 0) is 42.5 Å². The van der Waals surface area contributed by atoms with Crippen molar-refractivity contribution in [1.29, 1.82) is 0 Å². The summed E-state index contributed by atoms with van der Waals surface area (Å²) in [5.74, 6) is -2.03. The molecule has 0 radical (unpaired) electrons. The van der Waals surface area contributed by atoms with Crippen molar-refractivity contribution < 1.29 is 13.2 Å². The molecule has 0 saturated heterocycles. The van der Waals surface area contributed by atoms with E-state index in [1.165, 1.54) is 18.2 Å². The van der Waals surface area contributed by atoms with Crippen molar-refractivity contribution in [2.45, 2.75) is 0 Å². The summed E-state index contributed by atoms with van der Waals surface area (Å²) in [4.78, 5) is 24.1. The molecule has 1 heterocycles. The predicted octanol–water partition coefficient (Wildman–Crippen LogP) is 2.22. The molecule has 0 aliphatic rings. The highest BCUT2D eigenvalue weighted by Crippen LogP contribution is 2.11. The summed E-state index contributed by atoms with van der Waals surface area (Å²) in [6.07, 6.45) is 0. The van der Waals surface area contributed by atoms with Gasteiger partial charge in [-0.15, -0.1) is 0 Å². The minimum Gasteiger partial charge on any atom is -0.409 e. The Balaban J connectivity index is 2.39. The van der Waals surface area contributed by atoms with Gasteiger partial charge in [-0.1, -0.05) is 0 Å². The van der Waals surface area contributed by atoms with Crippen LogP contribution in [0.3, 0.4) is 0 Å². The molecule has 0 aliphatic carbocycles. The largest absolute Gasteiger partial charge is 0.426 e. The fraction of sp³-hybridized carbons (Fsp3) is 0. The fourth-order valence-corrected chi connectivity index (χ4v) is 1.91. The predicted molar refractivity (Wildman–Crippen MR) is 68.0 cm³/mol. The van der Waals surface area contributed by atoms with Gasteiger partial charge in [0.1, 0.15) is 17.2 Å². The van der Waals surface area contributed by atoms with Crippen LogP contribution in [-0.4, -0.2) is 4.57 Å². The maximum absolute atomic E-state index is 13.2. The van der Waals surface area contributed by atoms with Crippen LogP contribution in [0.4, 0.5) is 8.78 Å². The van der Waals surface area contributed by atoms with Crippen LogP contribution in [0.2, 0.25) is 0 Å². The van der Waals surface area contributed by atoms with Gasteiger partial charge in [0.15, 0.2) is 0 Å². The van der Waals surface area contributed by atoms with Gasteiger partial charge in [0.25, 0.3) is 5.56 Å². The molecule has 0 spiro atoms. The third-order valence-electron chi connectivity index (χ3n) is 2.84. The second kappa shape index (κ2) is 4.41. The number of fused-ring (bicyclic) bond motifs is 1. The van der Waals surface area contributed by atoms with Crippen molar-refractivity contribution in [3.8, 4) is 5.69 Å². The summed E-state index contributed by atoms with van der Waals surface area (Å²) in [5.41, 5.74) is -0.571. The zero-order valence-corrected chi connectivity index (χ0v) is 9.97. The van der Waals surface area contributed by atoms with E-state index < -0.39 is 22.9 Å². The molecule has 0 bridgehead atoms. The van der Waals surface area contributed by atoms with E-state index in [0.29, 0.717) is 0 Å². The Labute approximate surface area is 110 Å². The third-order valence-corrected chi connectivity index (χ3v) is 2.84. The first-order valence-electron chi connectivity index (χ1n) is 5.67. The number of halogens is 2. The van der Waals surface area contributed by atoms with Crippen molar-refractivity contribution >= 4 is 11.0 Å². The van der Waals surface area contributed by atoms with Gasteiger partial charge < -0.3 is 4.42 Å². The topological polar surface area (TPSA) is 52.2 Å². The summed E-state index contributed by atoms with van der Waals surface area (Å²) < 4.78 is 31.7. The van der Waals surface area contributed by atoms with Gasteiger partial charge in [-0.25, -0.2) is 18.1 Å². The zero-order valence-electron chi connectivity index (χ0n) is 9.97. The Morgan fingerprint density at radius 3 is 2.25 bits per heavy atom. The Hall–Kier alpha value is -2.76. The van der Waals surface area contributed by atoms with Crippen LogP contribution in [0, 0.1) is 11.6 Å². The number of aromatic nitrogens is 1. The summed E-state index contributed by atoms with van der Waals surface area (Å²) in [7, 11) is 0. The first-order chi connectivity index (χ1) is 9.56. The van der Waals surface area contributed by atoms with Crippen LogP contribution in [0.15, 0.2) is 56.5 Å². The van der Waals surface area contributed by atoms with Crippen LogP contribution < -0.4 is 11.3 Å². The Kier molecular flexibility index (Phi) is 2.71. The maximum Gasteiger partial charge on any atom is 0.426 e. The first kappa shape index (κ1) is 12.3. The first-order valence-corrected chi connectivity index (χ1v) is 5.67. The monoisotopic (exact) mass is 275 g/mol. The number of hydrogen-bond acceptors (Lipinski definition) is 3. The van der Waals surface area contributed by atoms with Crippen LogP contribution in [0.5, 0.6) is 0 Å². The van der Waals surface area contributed by atoms with Gasteiger partial charge in [-0.2, -0.15) is 0 Å². The standard InChI is InChI=1S/C14H7F2NO3/c15-8-1-4-10(5-2-8)17-13(18)11-7-9(16)3-6-12(11)20-14(17)19/h1-7H. The van der Waals surface area contributed by atoms with Gasteiger partial charge >= 0.3 is 5.76 Å². The molecule has 0 saturated carbocycles. The molecule has 1 aromatic heterocycles. The highest BCUT2D eigenvalue weighted by Gasteiger charge is 2.12. The molecule has 2 aromatic carbocycles. The van der Waals surface area contributed by atoms with E-state index >= 15 is 0 Å². The highest BCUT2D eigenvalue weighted by molar-refractivity contribution is 5.75. The summed E-state index contributed by atoms with van der Waals surface area (Å²) in [6, 6.07) is 8.03. The smallest absolute Gasteiger partial charge is 0.409 e. The summed E-state index contributed by atoms with van der Waals surface area (Å²) in [5, 5.41) is -0.0612. The lowest BCUT2D eigenvalue weighted by atomic mass is 10.2. The van der Waals surface area contributed by atoms with Crippen molar-refractivity contribution in [3.05, 3.63) is 75.0 Å². The second-order valence-electron chi connectivity index (χ2n) is 4.13. The van der Waals surface area contributed by atoms with Crippen molar-refractivity contribution in [2.75, 3.05) is 0 Å². The zero-order chi connectivity index (χ0) is 14.3. The number of hydrogen-bond donors (Lipinski definition) is 0. The highest BCUT2D eigenvalue weighted by atomic mass is 19.1. The molecule has 0 N–H and O–H groups in total. The van der Waals surface area contributed by atoms with Gasteiger partial charge in [0, 0.05) is 0 Å². The van der Waals surface area contributed by atoms with E-state index in [2.05, 4.69) is 0 Å². The second-order valence-corrected chi connectivity index (χ2v) is 4.13. The lowest BCUT2D eigenvalue weighted by molar-refractivity contribution is 0.502. The lowest BCUT2D eigenvalue weighted by Gasteiger charge is -2.05. The molecule has 0 aliphatic heterocycles. The molecule has 4 nitrogen and oxygen atoms in total. The van der Waals surface area contributed by atoms with Crippen molar-refractivity contribution in [3.63, 3.8) is 0 Å². The summed E-state index contributed by atoms with van der Waals surface area (Å²) >= 11 is 0. The van der Waals surface area contributed by atoms with Crippen LogP contribution >= 0.6 is 0 Å². The molecular weight excluding hydrogens is 268 g/mol. The maximum atomic E-state index is 13.2. The van der Waals surface area contributed by atoms with Crippen LogP contribution in [-0.2, 0) is 0 Å². The van der Waals surface area contributed by atoms with Crippen molar-refractivity contribution in [2.24, 2.45) is 0 Å². The molecule has 0 amide bonds. The molecule has 0 atom stereocenters. The van der Waals surface area contributed by atoms with Crippen LogP contribution in [0.1, 0.15) is 0 Å². The molecular formula is C14H7F2NO3. The van der Waals surface area contributed by atoms with E-state index in [1.54, 1.807) is 0 Å². The average Bonchev–Trinajstić information content (AvgIpc) is 2.42. The van der Waals surface area contributed by atoms with E-state index in [4.69, 9.17) is 4.42 Å². The Morgan fingerprint density at radius 1 is 0.900 bits per heavy atom. The average molecular weight is 275 g/mol. The van der Waals surface area contributed by atoms with Gasteiger partial charge in [-0.3, -0.25) is 4.79 Å². The van der Waals surface area contributed by atoms with Crippen molar-refractivity contribution in [1.82, 2.24) is 4.57 Å². The number of benzene rings is 2. The fourth-order valence-electron chi connectivity index (χ4n) is 1.91. The quantitative estimate of drug-likeness (QED) is 0.684. The van der Waals surface area contributed by atoms with E-state index in [1.807, 2.05) is 0 Å². The number of nitrogens with zero attached hydrogens (tertiary/aromatic N) is 1. The summed E-state index contributed by atoms with van der Waals surface area (Å²) in [6.45, 7) is 0. The minimum absolute atomic E-state index is 0.000221. The molecule has 3 rings (SSSR count). The molecule has 0 unspecified atom stereocenters. The van der Waals surface area contributed by atoms with Gasteiger partial charge in [0.05, 0.1) is 11.1 Å². The molecule has 20 heavy (non-hydrogen) atoms. The van der Waals surface area contributed by atoms with Crippen LogP contribution in [0.25, 0.3) is 16.7 Å². The normalized spacial score (nSPS) is 10.9. The van der Waals surface area contributed by atoms with E-state index in [-0.39, 0.29) is 16.7 Å². The molecule has 100 valence electrons. The third kappa shape index (κ3) is 1.91. The van der Waals surface area contributed by atoms with E-state index in [0.717, 1.165) is 28.8 Å². The number of rotatable bonds is 1. The van der Waals surface area contributed by atoms with Gasteiger partial charge in [0.2, 0.25) is 0 Å².